The van der Waals surface area contributed by atoms with Crippen molar-refractivity contribution >= 4 is 11.8 Å². The van der Waals surface area contributed by atoms with Crippen molar-refractivity contribution in [1.29, 1.82) is 5.26 Å². The van der Waals surface area contributed by atoms with Crippen LogP contribution in [0.2, 0.25) is 0 Å². The van der Waals surface area contributed by atoms with E-state index in [0.29, 0.717) is 37.2 Å². The molecular formula is C26H30N6O3. The number of anilines is 1. The van der Waals surface area contributed by atoms with Crippen molar-refractivity contribution in [2.24, 2.45) is 0 Å². The average molecular weight is 475 g/mol. The lowest BCUT2D eigenvalue weighted by atomic mass is 10.1. The molecular weight excluding hydrogens is 444 g/mol. The molecule has 9 heteroatoms. The number of carbonyl (C=O) groups excluding carboxylic acids is 1. The molecule has 2 fully saturated rings. The number of hydrogen-bond acceptors (Lipinski definition) is 8. The molecule has 2 aliphatic heterocycles. The summed E-state index contributed by atoms with van der Waals surface area (Å²) in [5, 5.41) is 9.50. The first-order valence-corrected chi connectivity index (χ1v) is 12.1. The number of aryl methyl sites for hydroxylation is 1. The van der Waals surface area contributed by atoms with Crippen LogP contribution >= 0.6 is 0 Å². The topological polar surface area (TPSA) is 93.0 Å². The maximum Gasteiger partial charge on any atom is 0.266 e. The number of rotatable bonds is 6. The Labute approximate surface area is 205 Å². The van der Waals surface area contributed by atoms with Crippen LogP contribution in [0.4, 0.5) is 5.88 Å². The third-order valence-electron chi connectivity index (χ3n) is 6.85. The predicted molar refractivity (Wildman–Crippen MR) is 131 cm³/mol. The molecule has 5 rings (SSSR count). The van der Waals surface area contributed by atoms with Gasteiger partial charge in [-0.2, -0.15) is 10.2 Å². The lowest BCUT2D eigenvalue weighted by Gasteiger charge is -2.38. The van der Waals surface area contributed by atoms with E-state index >= 15 is 0 Å². The first-order chi connectivity index (χ1) is 17.1. The highest BCUT2D eigenvalue weighted by atomic mass is 16.4. The van der Waals surface area contributed by atoms with Crippen LogP contribution in [0.25, 0.3) is 11.7 Å². The van der Waals surface area contributed by atoms with E-state index in [-0.39, 0.29) is 11.6 Å². The van der Waals surface area contributed by atoms with Crippen LogP contribution in [-0.2, 0) is 11.3 Å². The Balaban J connectivity index is 1.10. The highest BCUT2D eigenvalue weighted by Gasteiger charge is 2.28. The Hall–Kier alpha value is -3.61. The largest absolute Gasteiger partial charge is 0.459 e. The van der Waals surface area contributed by atoms with Gasteiger partial charge in [-0.1, -0.05) is 24.3 Å². The normalized spacial score (nSPS) is 17.5. The molecule has 35 heavy (non-hydrogen) atoms. The number of hydrogen-bond donors (Lipinski definition) is 0. The van der Waals surface area contributed by atoms with E-state index in [1.54, 1.807) is 18.4 Å². The molecule has 0 N–H and O–H groups in total. The number of benzene rings is 1. The Bertz CT molecular complexity index is 1180. The zero-order valence-electron chi connectivity index (χ0n) is 20.0. The molecule has 0 saturated carbocycles. The van der Waals surface area contributed by atoms with Gasteiger partial charge in [-0.3, -0.25) is 14.6 Å². The van der Waals surface area contributed by atoms with Crippen molar-refractivity contribution in [2.75, 3.05) is 63.8 Å². The number of nitrogens with zero attached hydrogens (tertiary/aromatic N) is 6. The van der Waals surface area contributed by atoms with Gasteiger partial charge in [-0.25, -0.2) is 0 Å². The fourth-order valence-corrected chi connectivity index (χ4v) is 4.69. The molecule has 1 aromatic carbocycles. The summed E-state index contributed by atoms with van der Waals surface area (Å²) in [7, 11) is 0. The summed E-state index contributed by atoms with van der Waals surface area (Å²) in [6.45, 7) is 9.61. The number of amides is 1. The number of piperazine rings is 2. The summed E-state index contributed by atoms with van der Waals surface area (Å²) < 4.78 is 11.2. The van der Waals surface area contributed by atoms with Crippen molar-refractivity contribution in [3.05, 3.63) is 59.5 Å². The van der Waals surface area contributed by atoms with Gasteiger partial charge in [0.2, 0.25) is 17.5 Å². The predicted octanol–water partition coefficient (Wildman–Crippen LogP) is 2.58. The van der Waals surface area contributed by atoms with Crippen LogP contribution in [-0.4, -0.2) is 84.5 Å². The van der Waals surface area contributed by atoms with Gasteiger partial charge in [0.05, 0.1) is 12.8 Å². The minimum Gasteiger partial charge on any atom is -0.459 e. The molecule has 4 heterocycles. The van der Waals surface area contributed by atoms with Crippen molar-refractivity contribution in [2.45, 2.75) is 13.5 Å². The molecule has 0 unspecified atom stereocenters. The molecule has 2 saturated heterocycles. The lowest BCUT2D eigenvalue weighted by Crippen LogP contribution is -2.53. The summed E-state index contributed by atoms with van der Waals surface area (Å²) in [6, 6.07) is 14.1. The Morgan fingerprint density at radius 3 is 2.43 bits per heavy atom. The van der Waals surface area contributed by atoms with Crippen LogP contribution < -0.4 is 4.90 Å². The van der Waals surface area contributed by atoms with Gasteiger partial charge >= 0.3 is 0 Å². The number of aromatic nitrogens is 1. The summed E-state index contributed by atoms with van der Waals surface area (Å²) >= 11 is 0. The van der Waals surface area contributed by atoms with E-state index < -0.39 is 0 Å². The second kappa shape index (κ2) is 10.3. The molecule has 0 spiro atoms. The maximum atomic E-state index is 12.9. The lowest BCUT2D eigenvalue weighted by molar-refractivity contribution is -0.134. The maximum absolute atomic E-state index is 12.9. The highest BCUT2D eigenvalue weighted by Crippen LogP contribution is 2.29. The molecule has 2 aromatic heterocycles. The fourth-order valence-electron chi connectivity index (χ4n) is 4.69. The minimum absolute atomic E-state index is 0.187. The van der Waals surface area contributed by atoms with E-state index in [0.717, 1.165) is 45.8 Å². The van der Waals surface area contributed by atoms with Gasteiger partial charge in [0.1, 0.15) is 6.07 Å². The van der Waals surface area contributed by atoms with Crippen molar-refractivity contribution < 1.29 is 13.6 Å². The van der Waals surface area contributed by atoms with E-state index in [1.165, 1.54) is 11.1 Å². The minimum atomic E-state index is 0.187. The highest BCUT2D eigenvalue weighted by molar-refractivity contribution is 5.78. The van der Waals surface area contributed by atoms with Crippen molar-refractivity contribution in [3.8, 4) is 17.7 Å². The van der Waals surface area contributed by atoms with E-state index in [2.05, 4.69) is 52.0 Å². The molecule has 3 aromatic rings. The third kappa shape index (κ3) is 5.24. The number of carbonyl (C=O) groups is 1. The molecule has 0 radical (unpaired) electrons. The molecule has 9 nitrogen and oxygen atoms in total. The molecule has 0 aliphatic carbocycles. The third-order valence-corrected chi connectivity index (χ3v) is 6.85. The van der Waals surface area contributed by atoms with E-state index in [4.69, 9.17) is 8.83 Å². The quantitative estimate of drug-likeness (QED) is 0.538. The molecule has 1 amide bonds. The van der Waals surface area contributed by atoms with Crippen molar-refractivity contribution in [3.63, 3.8) is 0 Å². The number of nitriles is 1. The van der Waals surface area contributed by atoms with Crippen LogP contribution in [0.1, 0.15) is 16.8 Å². The Morgan fingerprint density at radius 1 is 1.00 bits per heavy atom. The van der Waals surface area contributed by atoms with Crippen LogP contribution in [0, 0.1) is 18.3 Å². The van der Waals surface area contributed by atoms with E-state index in [1.807, 2.05) is 9.80 Å². The standard InChI is InChI=1S/C26H30N6O3/c1-20-5-2-3-6-21(20)18-29-8-12-31(13-9-29)24(33)19-30-10-14-32(15-11-30)26-22(17-27)28-25(35-26)23-7-4-16-34-23/h2-7,16H,8-15,18-19H2,1H3. The summed E-state index contributed by atoms with van der Waals surface area (Å²) in [5.74, 6) is 1.46. The Kier molecular flexibility index (Phi) is 6.84. The van der Waals surface area contributed by atoms with Crippen LogP contribution in [0.3, 0.4) is 0 Å². The smallest absolute Gasteiger partial charge is 0.266 e. The van der Waals surface area contributed by atoms with Gasteiger partial charge in [-0.05, 0) is 30.2 Å². The van der Waals surface area contributed by atoms with Crippen molar-refractivity contribution in [1.82, 2.24) is 19.7 Å². The van der Waals surface area contributed by atoms with Gasteiger partial charge in [-0.15, -0.1) is 0 Å². The zero-order chi connectivity index (χ0) is 24.2. The molecule has 182 valence electrons. The average Bonchev–Trinajstić information content (AvgIpc) is 3.56. The first-order valence-electron chi connectivity index (χ1n) is 12.1. The second-order valence-corrected chi connectivity index (χ2v) is 9.11. The number of furan rings is 1. The summed E-state index contributed by atoms with van der Waals surface area (Å²) in [4.78, 5) is 25.8. The molecule has 0 bridgehead atoms. The monoisotopic (exact) mass is 474 g/mol. The van der Waals surface area contributed by atoms with Crippen LogP contribution in [0.15, 0.2) is 51.5 Å². The van der Waals surface area contributed by atoms with Gasteiger partial charge in [0.25, 0.3) is 5.89 Å². The first kappa shape index (κ1) is 23.1. The Morgan fingerprint density at radius 2 is 1.74 bits per heavy atom. The summed E-state index contributed by atoms with van der Waals surface area (Å²) in [6.07, 6.45) is 1.55. The SMILES string of the molecule is Cc1ccccc1CN1CCN(C(=O)CN2CCN(c3oc(-c4ccco4)nc3C#N)CC2)CC1. The van der Waals surface area contributed by atoms with Gasteiger partial charge in [0, 0.05) is 58.9 Å². The van der Waals surface area contributed by atoms with E-state index in [9.17, 15) is 10.1 Å². The fraction of sp³-hybridized carbons (Fsp3) is 0.423. The van der Waals surface area contributed by atoms with Gasteiger partial charge in [0.15, 0.2) is 5.76 Å². The second-order valence-electron chi connectivity index (χ2n) is 9.11. The van der Waals surface area contributed by atoms with Gasteiger partial charge < -0.3 is 18.6 Å². The summed E-state index contributed by atoms with van der Waals surface area (Å²) in [5.41, 5.74) is 2.92. The molecule has 2 aliphatic rings. The molecule has 0 atom stereocenters. The van der Waals surface area contributed by atoms with Crippen LogP contribution in [0.5, 0.6) is 0 Å². The number of oxazole rings is 1. The zero-order valence-corrected chi connectivity index (χ0v) is 20.0.